The minimum atomic E-state index is -0.854. The van der Waals surface area contributed by atoms with E-state index in [0.29, 0.717) is 5.75 Å². The van der Waals surface area contributed by atoms with Crippen LogP contribution >= 0.6 is 23.2 Å². The van der Waals surface area contributed by atoms with Crippen molar-refractivity contribution in [2.45, 2.75) is 19.3 Å². The van der Waals surface area contributed by atoms with Crippen LogP contribution < -0.4 is 4.74 Å². The van der Waals surface area contributed by atoms with Crippen molar-refractivity contribution in [1.29, 1.82) is 0 Å². The minimum absolute atomic E-state index is 0.144. The van der Waals surface area contributed by atoms with Gasteiger partial charge < -0.3 is 9.47 Å². The third-order valence-corrected chi connectivity index (χ3v) is 5.50. The highest BCUT2D eigenvalue weighted by Crippen LogP contribution is 2.71. The summed E-state index contributed by atoms with van der Waals surface area (Å²) in [6, 6.07) is 17.0. The first-order valence-corrected chi connectivity index (χ1v) is 9.04. The van der Waals surface area contributed by atoms with Crippen LogP contribution in [0.4, 0.5) is 0 Å². The van der Waals surface area contributed by atoms with E-state index in [1.165, 1.54) is 7.11 Å². The van der Waals surface area contributed by atoms with Gasteiger partial charge in [-0.3, -0.25) is 4.79 Å². The smallest absolute Gasteiger partial charge is 0.317 e. The Morgan fingerprint density at radius 3 is 2.31 bits per heavy atom. The molecule has 0 spiro atoms. The Morgan fingerprint density at radius 1 is 1.04 bits per heavy atom. The molecule has 0 aromatic heterocycles. The van der Waals surface area contributed by atoms with Crippen LogP contribution in [0, 0.1) is 11.3 Å². The lowest BCUT2D eigenvalue weighted by Gasteiger charge is -2.19. The van der Waals surface area contributed by atoms with Crippen molar-refractivity contribution < 1.29 is 14.3 Å². The van der Waals surface area contributed by atoms with Crippen molar-refractivity contribution in [2.24, 2.45) is 11.3 Å². The molecule has 0 saturated heterocycles. The summed E-state index contributed by atoms with van der Waals surface area (Å²) in [7, 11) is 1.39. The molecule has 2 aromatic carbocycles. The highest BCUT2D eigenvalue weighted by Gasteiger charge is 2.76. The third-order valence-electron chi connectivity index (χ3n) is 5.25. The lowest BCUT2D eigenvalue weighted by Crippen LogP contribution is -2.28. The predicted octanol–water partition coefficient (Wildman–Crippen LogP) is 5.86. The average Bonchev–Trinajstić information content (AvgIpc) is 3.10. The van der Waals surface area contributed by atoms with Crippen molar-refractivity contribution in [2.75, 3.05) is 7.11 Å². The van der Waals surface area contributed by atoms with E-state index in [1.807, 2.05) is 68.4 Å². The Bertz CT molecular complexity index is 841. The van der Waals surface area contributed by atoms with Crippen LogP contribution in [0.3, 0.4) is 0 Å². The highest BCUT2D eigenvalue weighted by molar-refractivity contribution is 6.55. The molecule has 136 valence electrons. The molecule has 0 N–H and O–H groups in total. The molecule has 1 aliphatic rings. The second kappa shape index (κ2) is 6.98. The van der Waals surface area contributed by atoms with E-state index in [0.717, 1.165) is 11.3 Å². The molecule has 0 radical (unpaired) electrons. The van der Waals surface area contributed by atoms with Gasteiger partial charge in [-0.15, -0.1) is 0 Å². The van der Waals surface area contributed by atoms with E-state index in [2.05, 4.69) is 0 Å². The summed E-state index contributed by atoms with van der Waals surface area (Å²) in [6.07, 6.45) is 1.71. The van der Waals surface area contributed by atoms with Crippen LogP contribution in [0.2, 0.25) is 0 Å². The highest BCUT2D eigenvalue weighted by atomic mass is 35.5. The second-order valence-corrected chi connectivity index (χ2v) is 7.91. The van der Waals surface area contributed by atoms with Crippen molar-refractivity contribution in [3.05, 3.63) is 70.7 Å². The van der Waals surface area contributed by atoms with E-state index < -0.39 is 5.41 Å². The van der Waals surface area contributed by atoms with Crippen LogP contribution in [0.5, 0.6) is 11.5 Å². The molecule has 3 rings (SSSR count). The van der Waals surface area contributed by atoms with Crippen molar-refractivity contribution in [3.63, 3.8) is 0 Å². The van der Waals surface area contributed by atoms with Crippen molar-refractivity contribution in [3.8, 4) is 11.5 Å². The Kier molecular flexibility index (Phi) is 5.05. The number of rotatable bonds is 5. The first kappa shape index (κ1) is 18.8. The molecule has 0 bridgehead atoms. The van der Waals surface area contributed by atoms with Gasteiger partial charge in [-0.05, 0) is 41.3 Å². The van der Waals surface area contributed by atoms with E-state index in [9.17, 15) is 4.79 Å². The van der Waals surface area contributed by atoms with Crippen LogP contribution in [0.1, 0.15) is 19.4 Å². The van der Waals surface area contributed by atoms with Crippen LogP contribution in [-0.4, -0.2) is 13.1 Å². The fourth-order valence-electron chi connectivity index (χ4n) is 3.91. The largest absolute Gasteiger partial charge is 0.468 e. The van der Waals surface area contributed by atoms with E-state index >= 15 is 0 Å². The lowest BCUT2D eigenvalue weighted by molar-refractivity contribution is -0.144. The summed E-state index contributed by atoms with van der Waals surface area (Å²) in [5.41, 5.74) is -0.425. The number of allylic oxidation sites excluding steroid dienone is 1. The third kappa shape index (κ3) is 3.00. The normalized spacial score (nSPS) is 23.0. The van der Waals surface area contributed by atoms with E-state index in [1.54, 1.807) is 6.08 Å². The van der Waals surface area contributed by atoms with Crippen LogP contribution in [-0.2, 0) is 14.9 Å². The summed E-state index contributed by atoms with van der Waals surface area (Å²) in [5.74, 6) is 0.904. The van der Waals surface area contributed by atoms with Gasteiger partial charge in [-0.2, -0.15) is 0 Å². The Labute approximate surface area is 163 Å². The first-order valence-electron chi connectivity index (χ1n) is 8.28. The molecule has 0 unspecified atom stereocenters. The molecular weight excluding hydrogens is 371 g/mol. The van der Waals surface area contributed by atoms with E-state index in [-0.39, 0.29) is 21.8 Å². The number of hydrogen-bond acceptors (Lipinski definition) is 3. The van der Waals surface area contributed by atoms with Crippen LogP contribution in [0.25, 0.3) is 0 Å². The Balaban J connectivity index is 2.03. The molecular formula is C21H20Cl2O3. The topological polar surface area (TPSA) is 35.5 Å². The van der Waals surface area contributed by atoms with E-state index in [4.69, 9.17) is 32.7 Å². The monoisotopic (exact) mass is 390 g/mol. The minimum Gasteiger partial charge on any atom is -0.468 e. The lowest BCUT2D eigenvalue weighted by atomic mass is 9.87. The molecule has 2 atom stereocenters. The Morgan fingerprint density at radius 2 is 1.69 bits per heavy atom. The number of halogens is 2. The van der Waals surface area contributed by atoms with Gasteiger partial charge in [-0.25, -0.2) is 0 Å². The number of carbonyl (C=O) groups is 1. The van der Waals surface area contributed by atoms with Gasteiger partial charge in [0.15, 0.2) is 0 Å². The zero-order valence-electron chi connectivity index (χ0n) is 14.8. The number of benzene rings is 2. The number of para-hydroxylation sites is 1. The second-order valence-electron chi connectivity index (χ2n) is 6.90. The zero-order valence-corrected chi connectivity index (χ0v) is 16.3. The van der Waals surface area contributed by atoms with Gasteiger partial charge in [0.1, 0.15) is 21.4 Å². The average molecular weight is 391 g/mol. The SMILES string of the molecule is COC(=O)[C@@]1(c2cccc(Oc3ccccc3)c2)[C@H](C=C(Cl)Cl)C1(C)C. The molecule has 1 aliphatic carbocycles. The molecule has 1 saturated carbocycles. The number of hydrogen-bond donors (Lipinski definition) is 0. The number of carbonyl (C=O) groups excluding carboxylic acids is 1. The maximum absolute atomic E-state index is 12.8. The molecule has 0 heterocycles. The molecule has 2 aromatic rings. The summed E-state index contributed by atoms with van der Waals surface area (Å²) in [6.45, 7) is 4.01. The maximum Gasteiger partial charge on any atom is 0.317 e. The molecule has 26 heavy (non-hydrogen) atoms. The number of methoxy groups -OCH3 is 1. The summed E-state index contributed by atoms with van der Waals surface area (Å²) in [4.78, 5) is 12.8. The quantitative estimate of drug-likeness (QED) is 0.599. The predicted molar refractivity (Wildman–Crippen MR) is 104 cm³/mol. The standard InChI is InChI=1S/C21H20Cl2O3/c1-20(2)17(13-18(22)23)21(20,19(24)25-3)14-8-7-11-16(12-14)26-15-9-5-4-6-10-15/h4-13,17H,1-3H3/t17-,21-/m1/s1. The summed E-state index contributed by atoms with van der Waals surface area (Å²) in [5, 5.41) is 0. The molecule has 3 nitrogen and oxygen atoms in total. The number of esters is 1. The fraction of sp³-hybridized carbons (Fsp3) is 0.286. The fourth-order valence-corrected chi connectivity index (χ4v) is 4.16. The van der Waals surface area contributed by atoms with Gasteiger partial charge in [0, 0.05) is 5.92 Å². The van der Waals surface area contributed by atoms with Gasteiger partial charge >= 0.3 is 5.97 Å². The zero-order chi connectivity index (χ0) is 18.9. The van der Waals surface area contributed by atoms with Gasteiger partial charge in [0.25, 0.3) is 0 Å². The van der Waals surface area contributed by atoms with Gasteiger partial charge in [0.05, 0.1) is 7.11 Å². The van der Waals surface area contributed by atoms with Crippen molar-refractivity contribution in [1.82, 2.24) is 0 Å². The molecule has 0 aliphatic heterocycles. The number of ether oxygens (including phenoxy) is 2. The Hall–Kier alpha value is -1.97. The summed E-state index contributed by atoms with van der Waals surface area (Å²) < 4.78 is 11.2. The van der Waals surface area contributed by atoms with Gasteiger partial charge in [0.2, 0.25) is 0 Å². The maximum atomic E-state index is 12.8. The first-order chi connectivity index (χ1) is 12.3. The van der Waals surface area contributed by atoms with Gasteiger partial charge in [-0.1, -0.05) is 67.4 Å². The van der Waals surface area contributed by atoms with Crippen LogP contribution in [0.15, 0.2) is 65.2 Å². The van der Waals surface area contributed by atoms with Crippen molar-refractivity contribution >= 4 is 29.2 Å². The molecule has 5 heteroatoms. The molecule has 0 amide bonds. The molecule has 1 fully saturated rings. The summed E-state index contributed by atoms with van der Waals surface area (Å²) >= 11 is 11.8.